The summed E-state index contributed by atoms with van der Waals surface area (Å²) in [6.45, 7) is 1.29. The quantitative estimate of drug-likeness (QED) is 0.863. The van der Waals surface area contributed by atoms with Crippen LogP contribution in [0.3, 0.4) is 0 Å². The van der Waals surface area contributed by atoms with Crippen LogP contribution in [0.4, 0.5) is 0 Å². The second kappa shape index (κ2) is 5.58. The monoisotopic (exact) mass is 348 g/mol. The van der Waals surface area contributed by atoms with Crippen LogP contribution in [0.25, 0.3) is 0 Å². The van der Waals surface area contributed by atoms with Gasteiger partial charge in [-0.1, -0.05) is 6.07 Å². The molecule has 1 aromatic heterocycles. The first kappa shape index (κ1) is 15.6. The van der Waals surface area contributed by atoms with Crippen molar-refractivity contribution in [3.05, 3.63) is 22.4 Å². The topological polar surface area (TPSA) is 77.9 Å². The predicted molar refractivity (Wildman–Crippen MR) is 87.5 cm³/mol. The molecule has 1 unspecified atom stereocenters. The molecule has 3 aliphatic rings. The van der Waals surface area contributed by atoms with Crippen molar-refractivity contribution in [2.24, 2.45) is 17.3 Å². The third kappa shape index (κ3) is 2.51. The molecule has 128 valence electrons. The molecule has 1 saturated carbocycles. The number of nitrogens with zero attached hydrogens (tertiary/aromatic N) is 2. The zero-order valence-corrected chi connectivity index (χ0v) is 14.1. The van der Waals surface area contributed by atoms with E-state index in [9.17, 15) is 19.5 Å². The van der Waals surface area contributed by atoms with Crippen LogP contribution in [0.2, 0.25) is 0 Å². The summed E-state index contributed by atoms with van der Waals surface area (Å²) in [7, 11) is 0. The summed E-state index contributed by atoms with van der Waals surface area (Å²) in [6.07, 6.45) is 2.53. The van der Waals surface area contributed by atoms with Gasteiger partial charge in [-0.2, -0.15) is 0 Å². The molecule has 0 bridgehead atoms. The molecular formula is C17H20N2O4S. The van der Waals surface area contributed by atoms with Gasteiger partial charge >= 0.3 is 5.97 Å². The lowest BCUT2D eigenvalue weighted by Gasteiger charge is -2.25. The molecule has 3 heterocycles. The summed E-state index contributed by atoms with van der Waals surface area (Å²) in [6, 6.07) is 3.79. The number of carbonyl (C=O) groups excluding carboxylic acids is 2. The number of aliphatic carboxylic acids is 1. The van der Waals surface area contributed by atoms with E-state index in [0.29, 0.717) is 12.5 Å². The van der Waals surface area contributed by atoms with Crippen LogP contribution < -0.4 is 0 Å². The van der Waals surface area contributed by atoms with Gasteiger partial charge in [0.2, 0.25) is 11.8 Å². The van der Waals surface area contributed by atoms with E-state index in [0.717, 1.165) is 17.7 Å². The molecule has 4 rings (SSSR count). The lowest BCUT2D eigenvalue weighted by Crippen LogP contribution is -2.42. The number of thiophene rings is 1. The van der Waals surface area contributed by atoms with Gasteiger partial charge in [-0.15, -0.1) is 11.3 Å². The fraction of sp³-hybridized carbons (Fsp3) is 0.588. The molecule has 0 aromatic carbocycles. The summed E-state index contributed by atoms with van der Waals surface area (Å²) in [5, 5.41) is 11.7. The highest BCUT2D eigenvalue weighted by Gasteiger charge is 2.63. The van der Waals surface area contributed by atoms with E-state index in [1.165, 1.54) is 11.3 Å². The van der Waals surface area contributed by atoms with Crippen LogP contribution in [0, 0.1) is 17.3 Å². The van der Waals surface area contributed by atoms with Crippen molar-refractivity contribution in [1.29, 1.82) is 0 Å². The van der Waals surface area contributed by atoms with E-state index in [1.807, 2.05) is 17.5 Å². The van der Waals surface area contributed by atoms with E-state index in [-0.39, 0.29) is 37.9 Å². The van der Waals surface area contributed by atoms with Crippen molar-refractivity contribution < 1.29 is 19.5 Å². The Morgan fingerprint density at radius 3 is 2.71 bits per heavy atom. The molecule has 2 saturated heterocycles. The molecule has 2 atom stereocenters. The SMILES string of the molecule is O=C(Cc1cccs1)N1CC2C(=O)N(CC3CC3)C[C@@]2(C(=O)O)C1. The van der Waals surface area contributed by atoms with Gasteiger partial charge in [0.1, 0.15) is 5.41 Å². The number of hydrogen-bond donors (Lipinski definition) is 1. The number of rotatable bonds is 5. The molecule has 24 heavy (non-hydrogen) atoms. The second-order valence-electron chi connectivity index (χ2n) is 7.21. The number of hydrogen-bond acceptors (Lipinski definition) is 4. The van der Waals surface area contributed by atoms with Gasteiger partial charge in [-0.25, -0.2) is 0 Å². The van der Waals surface area contributed by atoms with Gasteiger partial charge < -0.3 is 14.9 Å². The van der Waals surface area contributed by atoms with Gasteiger partial charge in [-0.3, -0.25) is 14.4 Å². The number of likely N-dealkylation sites (tertiary alicyclic amines) is 2. The maximum atomic E-state index is 12.7. The average Bonchev–Trinajstić information content (AvgIpc) is 2.96. The Kier molecular flexibility index (Phi) is 3.63. The van der Waals surface area contributed by atoms with Crippen molar-refractivity contribution in [2.75, 3.05) is 26.2 Å². The zero-order chi connectivity index (χ0) is 16.9. The molecule has 7 heteroatoms. The van der Waals surface area contributed by atoms with Crippen molar-refractivity contribution in [3.8, 4) is 0 Å². The first-order chi connectivity index (χ1) is 11.5. The fourth-order valence-electron chi connectivity index (χ4n) is 3.94. The molecule has 6 nitrogen and oxygen atoms in total. The molecule has 3 fully saturated rings. The van der Waals surface area contributed by atoms with Crippen molar-refractivity contribution >= 4 is 29.1 Å². The number of carboxylic acid groups (broad SMARTS) is 1. The number of amides is 2. The molecule has 0 radical (unpaired) electrons. The van der Waals surface area contributed by atoms with Crippen LogP contribution in [-0.2, 0) is 20.8 Å². The van der Waals surface area contributed by atoms with Crippen LogP contribution >= 0.6 is 11.3 Å². The van der Waals surface area contributed by atoms with Crippen molar-refractivity contribution in [3.63, 3.8) is 0 Å². The molecule has 0 spiro atoms. The first-order valence-electron chi connectivity index (χ1n) is 8.32. The molecular weight excluding hydrogens is 328 g/mol. The average molecular weight is 348 g/mol. The Bertz CT molecular complexity index is 685. The van der Waals surface area contributed by atoms with E-state index in [4.69, 9.17) is 0 Å². The van der Waals surface area contributed by atoms with Crippen LogP contribution in [0.1, 0.15) is 17.7 Å². The fourth-order valence-corrected chi connectivity index (χ4v) is 4.63. The van der Waals surface area contributed by atoms with E-state index < -0.39 is 17.3 Å². The Labute approximate surface area is 144 Å². The minimum absolute atomic E-state index is 0.0873. The first-order valence-corrected chi connectivity index (χ1v) is 9.20. The Morgan fingerprint density at radius 1 is 1.33 bits per heavy atom. The highest BCUT2D eigenvalue weighted by atomic mass is 32.1. The molecule has 2 aliphatic heterocycles. The number of carbonyl (C=O) groups is 3. The molecule has 1 aromatic rings. The standard InChI is InChI=1S/C17H20N2O4S/c20-14(6-12-2-1-5-24-12)18-8-13-15(21)19(7-11-3-4-11)10-17(13,9-18)16(22)23/h1-2,5,11,13H,3-4,6-10H2,(H,22,23)/t13?,17-/m0/s1. The van der Waals surface area contributed by atoms with Gasteiger partial charge in [0.15, 0.2) is 0 Å². The second-order valence-corrected chi connectivity index (χ2v) is 8.24. The minimum atomic E-state index is -1.13. The maximum Gasteiger partial charge on any atom is 0.314 e. The normalized spacial score (nSPS) is 29.2. The van der Waals surface area contributed by atoms with E-state index in [2.05, 4.69) is 0 Å². The van der Waals surface area contributed by atoms with Crippen molar-refractivity contribution in [2.45, 2.75) is 19.3 Å². The van der Waals surface area contributed by atoms with Crippen LogP contribution in [0.15, 0.2) is 17.5 Å². The number of carboxylic acids is 1. The number of fused-ring (bicyclic) bond motifs is 1. The maximum absolute atomic E-state index is 12.7. The Morgan fingerprint density at radius 2 is 2.12 bits per heavy atom. The summed E-state index contributed by atoms with van der Waals surface area (Å²) >= 11 is 1.51. The van der Waals surface area contributed by atoms with Gasteiger partial charge in [-0.05, 0) is 30.2 Å². The zero-order valence-electron chi connectivity index (χ0n) is 13.3. The lowest BCUT2D eigenvalue weighted by molar-refractivity contribution is -0.150. The lowest BCUT2D eigenvalue weighted by atomic mass is 9.81. The van der Waals surface area contributed by atoms with Gasteiger partial charge in [0.05, 0.1) is 12.3 Å². The Balaban J connectivity index is 1.50. The van der Waals surface area contributed by atoms with Crippen molar-refractivity contribution in [1.82, 2.24) is 9.80 Å². The molecule has 1 N–H and O–H groups in total. The smallest absolute Gasteiger partial charge is 0.314 e. The predicted octanol–water partition coefficient (Wildman–Crippen LogP) is 1.07. The third-order valence-electron chi connectivity index (χ3n) is 5.49. The summed E-state index contributed by atoms with van der Waals surface area (Å²) in [5.41, 5.74) is -1.13. The highest BCUT2D eigenvalue weighted by Crippen LogP contribution is 2.45. The molecule has 2 amide bonds. The summed E-state index contributed by atoms with van der Waals surface area (Å²) in [5.74, 6) is -1.19. The third-order valence-corrected chi connectivity index (χ3v) is 6.36. The Hall–Kier alpha value is -1.89. The molecule has 1 aliphatic carbocycles. The minimum Gasteiger partial charge on any atom is -0.481 e. The van der Waals surface area contributed by atoms with Gasteiger partial charge in [0, 0.05) is 31.1 Å². The summed E-state index contributed by atoms with van der Waals surface area (Å²) < 4.78 is 0. The van der Waals surface area contributed by atoms with E-state index >= 15 is 0 Å². The highest BCUT2D eigenvalue weighted by molar-refractivity contribution is 7.10. The van der Waals surface area contributed by atoms with Crippen LogP contribution in [-0.4, -0.2) is 58.9 Å². The summed E-state index contributed by atoms with van der Waals surface area (Å²) in [4.78, 5) is 41.4. The van der Waals surface area contributed by atoms with Gasteiger partial charge in [0.25, 0.3) is 0 Å². The van der Waals surface area contributed by atoms with E-state index in [1.54, 1.807) is 9.80 Å². The largest absolute Gasteiger partial charge is 0.481 e. The van der Waals surface area contributed by atoms with Crippen LogP contribution in [0.5, 0.6) is 0 Å².